The minimum atomic E-state index is 0.453. The summed E-state index contributed by atoms with van der Waals surface area (Å²) in [4.78, 5) is 4.38. The van der Waals surface area contributed by atoms with Crippen LogP contribution in [0.25, 0.3) is 0 Å². The van der Waals surface area contributed by atoms with Crippen LogP contribution in [0.2, 0.25) is 0 Å². The number of nitrogens with zero attached hydrogens (tertiary/aromatic N) is 5. The second kappa shape index (κ2) is 6.81. The van der Waals surface area contributed by atoms with Crippen molar-refractivity contribution in [3.63, 3.8) is 0 Å². The average Bonchev–Trinajstić information content (AvgIpc) is 2.89. The molecule has 0 unspecified atom stereocenters. The van der Waals surface area contributed by atoms with E-state index in [0.29, 0.717) is 31.1 Å². The first-order valence-corrected chi connectivity index (χ1v) is 6.63. The van der Waals surface area contributed by atoms with Crippen molar-refractivity contribution in [2.45, 2.75) is 26.9 Å². The van der Waals surface area contributed by atoms with Gasteiger partial charge in [0.1, 0.15) is 18.2 Å². The zero-order valence-electron chi connectivity index (χ0n) is 12.4. The molecule has 0 saturated carbocycles. The molecule has 0 aliphatic carbocycles. The monoisotopic (exact) mass is 286 g/mol. The first-order valence-electron chi connectivity index (χ1n) is 6.63. The summed E-state index contributed by atoms with van der Waals surface area (Å²) in [6.07, 6.45) is 1.66. The molecule has 0 aliphatic rings. The molecule has 0 saturated heterocycles. The van der Waals surface area contributed by atoms with E-state index in [1.165, 1.54) is 0 Å². The van der Waals surface area contributed by atoms with Crippen LogP contribution in [0.3, 0.4) is 0 Å². The molecule has 2 aromatic heterocycles. The Bertz CT molecular complexity index is 658. The second-order valence-electron chi connectivity index (χ2n) is 4.70. The number of nitriles is 1. The molecular formula is C14H18N6O. The number of ether oxygens (including phenoxy) is 1. The third kappa shape index (κ3) is 3.55. The summed E-state index contributed by atoms with van der Waals surface area (Å²) in [7, 11) is 1.65. The first kappa shape index (κ1) is 14.9. The Morgan fingerprint density at radius 2 is 2.24 bits per heavy atom. The minimum Gasteiger partial charge on any atom is -0.383 e. The van der Waals surface area contributed by atoms with E-state index < -0.39 is 0 Å². The van der Waals surface area contributed by atoms with Crippen molar-refractivity contribution < 1.29 is 4.74 Å². The summed E-state index contributed by atoms with van der Waals surface area (Å²) in [6, 6.07) is 4.08. The summed E-state index contributed by atoms with van der Waals surface area (Å²) >= 11 is 0. The SMILES string of the molecule is COCCn1cnnc1CNc1nc(C)cc(C)c1C#N. The number of anilines is 1. The zero-order valence-corrected chi connectivity index (χ0v) is 12.4. The molecule has 0 amide bonds. The molecule has 110 valence electrons. The molecule has 0 spiro atoms. The molecule has 0 atom stereocenters. The number of pyridine rings is 1. The molecular weight excluding hydrogens is 268 g/mol. The topological polar surface area (TPSA) is 88.7 Å². The molecule has 21 heavy (non-hydrogen) atoms. The lowest BCUT2D eigenvalue weighted by Gasteiger charge is -2.11. The second-order valence-corrected chi connectivity index (χ2v) is 4.70. The maximum absolute atomic E-state index is 9.24. The van der Waals surface area contributed by atoms with E-state index in [0.717, 1.165) is 17.1 Å². The van der Waals surface area contributed by atoms with Gasteiger partial charge in [0, 0.05) is 19.3 Å². The molecule has 2 aromatic rings. The van der Waals surface area contributed by atoms with Crippen molar-refractivity contribution in [2.75, 3.05) is 19.0 Å². The van der Waals surface area contributed by atoms with E-state index in [9.17, 15) is 5.26 Å². The van der Waals surface area contributed by atoms with Crippen LogP contribution in [0.4, 0.5) is 5.82 Å². The van der Waals surface area contributed by atoms with Gasteiger partial charge in [-0.3, -0.25) is 0 Å². The number of rotatable bonds is 6. The van der Waals surface area contributed by atoms with Gasteiger partial charge in [-0.2, -0.15) is 5.26 Å². The van der Waals surface area contributed by atoms with Crippen molar-refractivity contribution >= 4 is 5.82 Å². The summed E-state index contributed by atoms with van der Waals surface area (Å²) in [6.45, 7) is 5.54. The van der Waals surface area contributed by atoms with Crippen LogP contribution < -0.4 is 5.32 Å². The normalized spacial score (nSPS) is 10.4. The molecule has 0 fully saturated rings. The third-order valence-electron chi connectivity index (χ3n) is 3.10. The van der Waals surface area contributed by atoms with E-state index in [-0.39, 0.29) is 0 Å². The zero-order chi connectivity index (χ0) is 15.2. The lowest BCUT2D eigenvalue weighted by atomic mass is 10.1. The number of aryl methyl sites for hydroxylation is 2. The predicted molar refractivity (Wildman–Crippen MR) is 77.7 cm³/mol. The smallest absolute Gasteiger partial charge is 0.152 e. The van der Waals surface area contributed by atoms with Crippen LogP contribution in [0.5, 0.6) is 0 Å². The maximum Gasteiger partial charge on any atom is 0.152 e. The highest BCUT2D eigenvalue weighted by Crippen LogP contribution is 2.18. The van der Waals surface area contributed by atoms with Gasteiger partial charge in [-0.15, -0.1) is 10.2 Å². The highest BCUT2D eigenvalue weighted by atomic mass is 16.5. The van der Waals surface area contributed by atoms with Crippen LogP contribution in [-0.2, 0) is 17.8 Å². The Labute approximate surface area is 123 Å². The molecule has 2 heterocycles. The van der Waals surface area contributed by atoms with Crippen molar-refractivity contribution in [2.24, 2.45) is 0 Å². The molecule has 1 N–H and O–H groups in total. The number of aromatic nitrogens is 4. The van der Waals surface area contributed by atoms with E-state index >= 15 is 0 Å². The minimum absolute atomic E-state index is 0.453. The van der Waals surface area contributed by atoms with E-state index in [4.69, 9.17) is 4.74 Å². The van der Waals surface area contributed by atoms with Gasteiger partial charge in [-0.1, -0.05) is 0 Å². The van der Waals surface area contributed by atoms with Gasteiger partial charge in [0.15, 0.2) is 5.82 Å². The largest absolute Gasteiger partial charge is 0.383 e. The van der Waals surface area contributed by atoms with E-state index in [1.807, 2.05) is 24.5 Å². The fourth-order valence-corrected chi connectivity index (χ4v) is 2.06. The quantitative estimate of drug-likeness (QED) is 0.864. The molecule has 0 bridgehead atoms. The van der Waals surface area contributed by atoms with Gasteiger partial charge < -0.3 is 14.6 Å². The number of hydrogen-bond acceptors (Lipinski definition) is 6. The van der Waals surface area contributed by atoms with Crippen molar-refractivity contribution in [3.8, 4) is 6.07 Å². The molecule has 0 aromatic carbocycles. The molecule has 0 radical (unpaired) electrons. The summed E-state index contributed by atoms with van der Waals surface area (Å²) < 4.78 is 6.96. The molecule has 0 aliphatic heterocycles. The van der Waals surface area contributed by atoms with E-state index in [2.05, 4.69) is 26.6 Å². The van der Waals surface area contributed by atoms with Crippen LogP contribution in [0, 0.1) is 25.2 Å². The highest BCUT2D eigenvalue weighted by molar-refractivity contribution is 5.56. The lowest BCUT2D eigenvalue weighted by Crippen LogP contribution is -2.13. The summed E-state index contributed by atoms with van der Waals surface area (Å²) in [5, 5.41) is 20.4. The summed E-state index contributed by atoms with van der Waals surface area (Å²) in [5.41, 5.74) is 2.34. The Balaban J connectivity index is 2.14. The maximum atomic E-state index is 9.24. The lowest BCUT2D eigenvalue weighted by molar-refractivity contribution is 0.186. The molecule has 2 rings (SSSR count). The molecule has 7 heteroatoms. The van der Waals surface area contributed by atoms with Crippen molar-refractivity contribution in [3.05, 3.63) is 35.0 Å². The standard InChI is InChI=1S/C14H18N6O/c1-10-6-11(2)18-14(12(10)7-15)16-8-13-19-17-9-20(13)4-5-21-3/h6,9H,4-5,8H2,1-3H3,(H,16,18). The highest BCUT2D eigenvalue weighted by Gasteiger charge is 2.10. The number of nitrogens with one attached hydrogen (secondary N) is 1. The Morgan fingerprint density at radius 3 is 2.95 bits per heavy atom. The fraction of sp³-hybridized carbons (Fsp3) is 0.429. The van der Waals surface area contributed by atoms with Crippen molar-refractivity contribution in [1.29, 1.82) is 5.26 Å². The Hall–Kier alpha value is -2.46. The van der Waals surface area contributed by atoms with Gasteiger partial charge in [0.25, 0.3) is 0 Å². The fourth-order valence-electron chi connectivity index (χ4n) is 2.06. The van der Waals surface area contributed by atoms with Gasteiger partial charge in [0.05, 0.1) is 18.7 Å². The van der Waals surface area contributed by atoms with Crippen LogP contribution >= 0.6 is 0 Å². The van der Waals surface area contributed by atoms with E-state index in [1.54, 1.807) is 13.4 Å². The van der Waals surface area contributed by atoms with Crippen LogP contribution in [0.1, 0.15) is 22.6 Å². The summed E-state index contributed by atoms with van der Waals surface area (Å²) in [5.74, 6) is 1.35. The molecule has 7 nitrogen and oxygen atoms in total. The van der Waals surface area contributed by atoms with Crippen LogP contribution in [-0.4, -0.2) is 33.5 Å². The third-order valence-corrected chi connectivity index (χ3v) is 3.10. The van der Waals surface area contributed by atoms with Crippen LogP contribution in [0.15, 0.2) is 12.4 Å². The number of methoxy groups -OCH3 is 1. The first-order chi connectivity index (χ1) is 10.2. The Morgan fingerprint density at radius 1 is 1.43 bits per heavy atom. The van der Waals surface area contributed by atoms with Crippen molar-refractivity contribution in [1.82, 2.24) is 19.7 Å². The van der Waals surface area contributed by atoms with Gasteiger partial charge in [-0.05, 0) is 25.5 Å². The van der Waals surface area contributed by atoms with Gasteiger partial charge in [0.2, 0.25) is 0 Å². The predicted octanol–water partition coefficient (Wildman–Crippen LogP) is 1.42. The van der Waals surface area contributed by atoms with Gasteiger partial charge in [-0.25, -0.2) is 4.98 Å². The number of hydrogen-bond donors (Lipinski definition) is 1. The average molecular weight is 286 g/mol. The van der Waals surface area contributed by atoms with Gasteiger partial charge >= 0.3 is 0 Å². The Kier molecular flexibility index (Phi) is 4.85.